The van der Waals surface area contributed by atoms with Gasteiger partial charge in [-0.1, -0.05) is 41.6 Å². The first-order valence-corrected chi connectivity index (χ1v) is 9.54. The Labute approximate surface area is 174 Å². The molecule has 30 heavy (non-hydrogen) atoms. The number of aromatic nitrogens is 3. The molecule has 1 unspecified atom stereocenters. The van der Waals surface area contributed by atoms with Gasteiger partial charge in [-0.25, -0.2) is 17.9 Å². The summed E-state index contributed by atoms with van der Waals surface area (Å²) >= 11 is 0. The molecule has 0 amide bonds. The summed E-state index contributed by atoms with van der Waals surface area (Å²) in [5.74, 6) is -1.42. The lowest BCUT2D eigenvalue weighted by Gasteiger charge is -2.14. The molecule has 0 aliphatic carbocycles. The summed E-state index contributed by atoms with van der Waals surface area (Å²) in [7, 11) is 3.63. The average molecular weight is 432 g/mol. The molecule has 0 N–H and O–H groups in total. The molecule has 156 valence electrons. The van der Waals surface area contributed by atoms with Crippen LogP contribution in [-0.4, -0.2) is 34.4 Å². The van der Waals surface area contributed by atoms with Crippen molar-refractivity contribution in [2.75, 3.05) is 7.05 Å². The van der Waals surface area contributed by atoms with Crippen molar-refractivity contribution in [3.8, 4) is 11.3 Å². The predicted octanol–water partition coefficient (Wildman–Crippen LogP) is 4.11. The zero-order valence-electron chi connectivity index (χ0n) is 16.4. The molecule has 1 aromatic heterocycles. The van der Waals surface area contributed by atoms with Crippen LogP contribution in [0.25, 0.3) is 11.3 Å². The quantitative estimate of drug-likeness (QED) is 0.255. The number of aliphatic imine (C=N–C) groups is 1. The fraction of sp³-hybridized carbons (Fsp3) is 0.190. The number of rotatable bonds is 6. The number of alkyl halides is 2. The topological polar surface area (TPSA) is 52.3 Å². The van der Waals surface area contributed by atoms with E-state index in [9.17, 15) is 13.2 Å². The first-order valence-electron chi connectivity index (χ1n) is 8.96. The summed E-state index contributed by atoms with van der Waals surface area (Å²) in [6, 6.07) is 10.9. The standard InChI is InChI=1S/C21H20F3N4OP/c1-12-5-4-6-14(9-12)17-11-28(27-26-17)10-15-7-8-16(19(30)18(15)22)21(25-3)29-13(2)20(23)24/h4-9,11,20H,2,10,30H2,1,3H3. The maximum absolute atomic E-state index is 15.0. The van der Waals surface area contributed by atoms with Gasteiger partial charge in [0.05, 0.1) is 12.7 Å². The Morgan fingerprint density at radius 1 is 1.30 bits per heavy atom. The minimum atomic E-state index is -2.87. The first kappa shape index (κ1) is 21.7. The van der Waals surface area contributed by atoms with E-state index in [0.717, 1.165) is 11.1 Å². The highest BCUT2D eigenvalue weighted by Crippen LogP contribution is 2.20. The molecule has 0 aliphatic heterocycles. The van der Waals surface area contributed by atoms with Gasteiger partial charge in [0.1, 0.15) is 11.5 Å². The van der Waals surface area contributed by atoms with Crippen LogP contribution in [0.4, 0.5) is 13.2 Å². The molecule has 1 atom stereocenters. The van der Waals surface area contributed by atoms with Gasteiger partial charge in [-0.3, -0.25) is 4.99 Å². The molecule has 0 saturated carbocycles. The number of nitrogens with zero attached hydrogens (tertiary/aromatic N) is 4. The molecule has 9 heteroatoms. The Balaban J connectivity index is 1.83. The van der Waals surface area contributed by atoms with Crippen molar-refractivity contribution in [2.45, 2.75) is 19.9 Å². The molecular formula is C21H20F3N4OP. The van der Waals surface area contributed by atoms with E-state index in [0.29, 0.717) is 11.3 Å². The summed E-state index contributed by atoms with van der Waals surface area (Å²) in [4.78, 5) is 3.83. The number of benzene rings is 2. The van der Waals surface area contributed by atoms with Crippen molar-refractivity contribution in [3.63, 3.8) is 0 Å². The largest absolute Gasteiger partial charge is 0.438 e. The Kier molecular flexibility index (Phi) is 6.67. The van der Waals surface area contributed by atoms with E-state index in [4.69, 9.17) is 4.74 Å². The van der Waals surface area contributed by atoms with E-state index in [-0.39, 0.29) is 23.3 Å². The van der Waals surface area contributed by atoms with Gasteiger partial charge in [-0.2, -0.15) is 0 Å². The fourth-order valence-corrected chi connectivity index (χ4v) is 3.23. The van der Waals surface area contributed by atoms with Crippen molar-refractivity contribution in [1.82, 2.24) is 15.0 Å². The lowest BCUT2D eigenvalue weighted by molar-refractivity contribution is 0.135. The first-order chi connectivity index (χ1) is 14.3. The van der Waals surface area contributed by atoms with Crippen molar-refractivity contribution in [3.05, 3.63) is 77.4 Å². The van der Waals surface area contributed by atoms with Crippen LogP contribution in [0.3, 0.4) is 0 Å². The third-order valence-electron chi connectivity index (χ3n) is 4.35. The summed E-state index contributed by atoms with van der Waals surface area (Å²) in [6.07, 6.45) is -1.13. The van der Waals surface area contributed by atoms with Crippen molar-refractivity contribution in [1.29, 1.82) is 0 Å². The molecule has 0 spiro atoms. The number of aryl methyl sites for hydroxylation is 1. The Morgan fingerprint density at radius 2 is 2.07 bits per heavy atom. The molecule has 3 aromatic rings. The smallest absolute Gasteiger partial charge is 0.294 e. The van der Waals surface area contributed by atoms with Gasteiger partial charge in [0.15, 0.2) is 5.76 Å². The Bertz CT molecular complexity index is 1110. The third kappa shape index (κ3) is 4.76. The SMILES string of the molecule is C=C(OC(=NC)c1ccc(Cn2cc(-c3cccc(C)c3)nn2)c(F)c1P)C(F)F. The number of halogens is 3. The maximum Gasteiger partial charge on any atom is 0.294 e. The third-order valence-corrected chi connectivity index (χ3v) is 4.91. The molecule has 0 fully saturated rings. The molecule has 5 nitrogen and oxygen atoms in total. The normalized spacial score (nSPS) is 11.8. The predicted molar refractivity (Wildman–Crippen MR) is 114 cm³/mol. The molecular weight excluding hydrogens is 412 g/mol. The van der Waals surface area contributed by atoms with E-state index in [1.807, 2.05) is 31.2 Å². The number of allylic oxidation sites excluding steroid dienone is 1. The molecule has 0 bridgehead atoms. The summed E-state index contributed by atoms with van der Waals surface area (Å²) in [6.45, 7) is 5.29. The molecule has 2 aromatic carbocycles. The van der Waals surface area contributed by atoms with E-state index in [1.54, 1.807) is 12.3 Å². The van der Waals surface area contributed by atoms with Crippen LogP contribution in [0.15, 0.2) is 59.9 Å². The summed E-state index contributed by atoms with van der Waals surface area (Å²) < 4.78 is 46.9. The molecule has 3 rings (SSSR count). The summed E-state index contributed by atoms with van der Waals surface area (Å²) in [5, 5.41) is 8.37. The maximum atomic E-state index is 15.0. The van der Waals surface area contributed by atoms with Crippen LogP contribution >= 0.6 is 9.24 Å². The van der Waals surface area contributed by atoms with E-state index in [2.05, 4.69) is 31.1 Å². The highest BCUT2D eigenvalue weighted by Gasteiger charge is 2.19. The van der Waals surface area contributed by atoms with E-state index in [1.165, 1.54) is 17.8 Å². The molecule has 0 radical (unpaired) electrons. The van der Waals surface area contributed by atoms with Crippen molar-refractivity contribution >= 4 is 20.4 Å². The molecule has 1 heterocycles. The second-order valence-electron chi connectivity index (χ2n) is 6.57. The highest BCUT2D eigenvalue weighted by molar-refractivity contribution is 7.27. The lowest BCUT2D eigenvalue weighted by Crippen LogP contribution is -2.20. The van der Waals surface area contributed by atoms with Gasteiger partial charge in [-0.05, 0) is 19.1 Å². The van der Waals surface area contributed by atoms with Gasteiger partial charge < -0.3 is 4.74 Å². The average Bonchev–Trinajstić information content (AvgIpc) is 3.18. The van der Waals surface area contributed by atoms with Gasteiger partial charge in [0.25, 0.3) is 6.43 Å². The molecule has 0 saturated heterocycles. The second kappa shape index (κ2) is 9.22. The van der Waals surface area contributed by atoms with Gasteiger partial charge in [-0.15, -0.1) is 14.3 Å². The Morgan fingerprint density at radius 3 is 2.73 bits per heavy atom. The van der Waals surface area contributed by atoms with Crippen LogP contribution in [0, 0.1) is 12.7 Å². The lowest BCUT2D eigenvalue weighted by atomic mass is 10.1. The van der Waals surface area contributed by atoms with E-state index >= 15 is 0 Å². The molecule has 0 aliphatic rings. The Hall–Kier alpha value is -2.99. The minimum Gasteiger partial charge on any atom is -0.438 e. The van der Waals surface area contributed by atoms with Crippen molar-refractivity contribution in [2.24, 2.45) is 4.99 Å². The zero-order chi connectivity index (χ0) is 21.8. The highest BCUT2D eigenvalue weighted by atomic mass is 31.0. The monoisotopic (exact) mass is 432 g/mol. The van der Waals surface area contributed by atoms with Crippen LogP contribution in [0.5, 0.6) is 0 Å². The fourth-order valence-electron chi connectivity index (χ4n) is 2.82. The number of hydrogen-bond acceptors (Lipinski definition) is 4. The van der Waals surface area contributed by atoms with Gasteiger partial charge in [0, 0.05) is 29.0 Å². The number of ether oxygens (including phenoxy) is 1. The second-order valence-corrected chi connectivity index (χ2v) is 7.15. The van der Waals surface area contributed by atoms with Crippen molar-refractivity contribution < 1.29 is 17.9 Å². The van der Waals surface area contributed by atoms with Gasteiger partial charge in [0.2, 0.25) is 5.90 Å². The minimum absolute atomic E-state index is 0.141. The van der Waals surface area contributed by atoms with Gasteiger partial charge >= 0.3 is 0 Å². The summed E-state index contributed by atoms with van der Waals surface area (Å²) in [5.41, 5.74) is 3.30. The van der Waals surface area contributed by atoms with Crippen LogP contribution < -0.4 is 5.30 Å². The number of hydrogen-bond donors (Lipinski definition) is 0. The van der Waals surface area contributed by atoms with Crippen LogP contribution in [0.2, 0.25) is 0 Å². The van der Waals surface area contributed by atoms with Crippen LogP contribution in [-0.2, 0) is 11.3 Å². The van der Waals surface area contributed by atoms with Crippen LogP contribution in [0.1, 0.15) is 16.7 Å². The van der Waals surface area contributed by atoms with E-state index < -0.39 is 18.0 Å². The zero-order valence-corrected chi connectivity index (χ0v) is 17.6.